The highest BCUT2D eigenvalue weighted by Crippen LogP contribution is 2.25. The smallest absolute Gasteiger partial charge is 0.336 e. The van der Waals surface area contributed by atoms with E-state index in [1.165, 1.54) is 5.56 Å². The molecule has 1 N–H and O–H groups in total. The van der Waals surface area contributed by atoms with Gasteiger partial charge in [-0.1, -0.05) is 22.0 Å². The third kappa shape index (κ3) is 2.36. The first-order valence-corrected chi connectivity index (χ1v) is 6.06. The van der Waals surface area contributed by atoms with Crippen molar-refractivity contribution in [1.29, 1.82) is 0 Å². The molecule has 2 nitrogen and oxygen atoms in total. The van der Waals surface area contributed by atoms with Gasteiger partial charge in [0, 0.05) is 9.80 Å². The van der Waals surface area contributed by atoms with Crippen molar-refractivity contribution in [2.75, 3.05) is 5.33 Å². The van der Waals surface area contributed by atoms with Crippen LogP contribution in [0.5, 0.6) is 0 Å². The second-order valence-electron chi connectivity index (χ2n) is 2.96. The quantitative estimate of drug-likeness (QED) is 0.866. The van der Waals surface area contributed by atoms with Gasteiger partial charge in [0.15, 0.2) is 0 Å². The number of hydrogen-bond acceptors (Lipinski definition) is 1. The van der Waals surface area contributed by atoms with Gasteiger partial charge in [-0.05, 0) is 46.5 Å². The third-order valence-corrected chi connectivity index (χ3v) is 3.51. The van der Waals surface area contributed by atoms with E-state index in [1.807, 2.05) is 13.0 Å². The minimum Gasteiger partial charge on any atom is -0.478 e. The summed E-state index contributed by atoms with van der Waals surface area (Å²) in [4.78, 5) is 10.8. The number of aryl methyl sites for hydroxylation is 1. The number of aromatic carboxylic acids is 1. The number of carboxylic acids is 1. The molecule has 0 heterocycles. The minimum absolute atomic E-state index is 0.320. The van der Waals surface area contributed by atoms with Crippen LogP contribution < -0.4 is 0 Å². The Morgan fingerprint density at radius 1 is 1.50 bits per heavy atom. The largest absolute Gasteiger partial charge is 0.478 e. The molecule has 14 heavy (non-hydrogen) atoms. The third-order valence-electron chi connectivity index (χ3n) is 2.09. The van der Waals surface area contributed by atoms with Gasteiger partial charge < -0.3 is 5.11 Å². The number of benzene rings is 1. The summed E-state index contributed by atoms with van der Waals surface area (Å²) in [6.45, 7) is 1.93. The van der Waals surface area contributed by atoms with Crippen LogP contribution in [0.15, 0.2) is 16.6 Å². The number of rotatable bonds is 3. The van der Waals surface area contributed by atoms with E-state index in [4.69, 9.17) is 5.11 Å². The number of carbonyl (C=O) groups is 1. The lowest BCUT2D eigenvalue weighted by molar-refractivity contribution is 0.0696. The van der Waals surface area contributed by atoms with Crippen LogP contribution in [-0.4, -0.2) is 16.4 Å². The van der Waals surface area contributed by atoms with Gasteiger partial charge in [0.2, 0.25) is 0 Å². The summed E-state index contributed by atoms with van der Waals surface area (Å²) in [6.07, 6.45) is 0.907. The van der Waals surface area contributed by atoms with E-state index >= 15 is 0 Å². The predicted molar refractivity (Wildman–Crippen MR) is 63.3 cm³/mol. The summed E-state index contributed by atoms with van der Waals surface area (Å²) in [6, 6.07) is 3.50. The SMILES string of the molecule is Cc1c(CCBr)ccc(C(=O)O)c1Br. The number of halogens is 2. The lowest BCUT2D eigenvalue weighted by Crippen LogP contribution is -2.01. The van der Waals surface area contributed by atoms with E-state index in [9.17, 15) is 4.79 Å². The molecule has 0 radical (unpaired) electrons. The number of hydrogen-bond donors (Lipinski definition) is 1. The second kappa shape index (κ2) is 4.94. The molecule has 0 spiro atoms. The molecule has 1 aromatic carbocycles. The molecule has 0 aliphatic carbocycles. The van der Waals surface area contributed by atoms with Crippen LogP contribution in [-0.2, 0) is 6.42 Å². The first kappa shape index (κ1) is 11.7. The van der Waals surface area contributed by atoms with Crippen molar-refractivity contribution in [1.82, 2.24) is 0 Å². The molecule has 4 heteroatoms. The van der Waals surface area contributed by atoms with E-state index in [0.29, 0.717) is 10.0 Å². The van der Waals surface area contributed by atoms with E-state index in [2.05, 4.69) is 31.9 Å². The van der Waals surface area contributed by atoms with Crippen LogP contribution >= 0.6 is 31.9 Å². The van der Waals surface area contributed by atoms with Gasteiger partial charge in [0.25, 0.3) is 0 Å². The van der Waals surface area contributed by atoms with Crippen molar-refractivity contribution in [3.8, 4) is 0 Å². The Morgan fingerprint density at radius 2 is 2.14 bits per heavy atom. The van der Waals surface area contributed by atoms with Gasteiger partial charge in [-0.25, -0.2) is 4.79 Å². The van der Waals surface area contributed by atoms with Gasteiger partial charge in [-0.15, -0.1) is 0 Å². The van der Waals surface area contributed by atoms with Crippen LogP contribution in [0.25, 0.3) is 0 Å². The Kier molecular flexibility index (Phi) is 4.13. The van der Waals surface area contributed by atoms with Gasteiger partial charge in [0.1, 0.15) is 0 Å². The summed E-state index contributed by atoms with van der Waals surface area (Å²) in [5.41, 5.74) is 2.49. The van der Waals surface area contributed by atoms with Crippen molar-refractivity contribution in [2.24, 2.45) is 0 Å². The van der Waals surface area contributed by atoms with Crippen LogP contribution in [0.2, 0.25) is 0 Å². The van der Waals surface area contributed by atoms with Crippen LogP contribution in [0.3, 0.4) is 0 Å². The molecule has 0 aliphatic rings. The Balaban J connectivity index is 3.19. The summed E-state index contributed by atoms with van der Waals surface area (Å²) < 4.78 is 0.684. The normalized spacial score (nSPS) is 10.2. The van der Waals surface area contributed by atoms with Crippen molar-refractivity contribution >= 4 is 37.8 Å². The zero-order valence-electron chi connectivity index (χ0n) is 7.68. The molecular weight excluding hydrogens is 312 g/mol. The van der Waals surface area contributed by atoms with Crippen molar-refractivity contribution in [3.05, 3.63) is 33.3 Å². The van der Waals surface area contributed by atoms with Crippen LogP contribution in [0.1, 0.15) is 21.5 Å². The van der Waals surface area contributed by atoms with Crippen LogP contribution in [0.4, 0.5) is 0 Å². The predicted octanol–water partition coefficient (Wildman–Crippen LogP) is 3.39. The summed E-state index contributed by atoms with van der Waals surface area (Å²) in [5, 5.41) is 9.75. The van der Waals surface area contributed by atoms with Gasteiger partial charge in [-0.2, -0.15) is 0 Å². The summed E-state index contributed by atoms with van der Waals surface area (Å²) >= 11 is 6.67. The molecule has 76 valence electrons. The summed E-state index contributed by atoms with van der Waals surface area (Å²) in [7, 11) is 0. The molecule has 0 aromatic heterocycles. The maximum Gasteiger partial charge on any atom is 0.336 e. The van der Waals surface area contributed by atoms with Gasteiger partial charge in [-0.3, -0.25) is 0 Å². The minimum atomic E-state index is -0.898. The first-order chi connectivity index (χ1) is 6.57. The topological polar surface area (TPSA) is 37.3 Å². The zero-order chi connectivity index (χ0) is 10.7. The van der Waals surface area contributed by atoms with E-state index in [-0.39, 0.29) is 0 Å². The maximum atomic E-state index is 10.8. The Bertz CT molecular complexity index is 361. The molecule has 0 saturated heterocycles. The second-order valence-corrected chi connectivity index (χ2v) is 4.54. The molecule has 0 fully saturated rings. The highest BCUT2D eigenvalue weighted by Gasteiger charge is 2.12. The fraction of sp³-hybridized carbons (Fsp3) is 0.300. The van der Waals surface area contributed by atoms with Crippen molar-refractivity contribution < 1.29 is 9.90 Å². The fourth-order valence-electron chi connectivity index (χ4n) is 1.26. The Hall–Kier alpha value is -0.350. The molecule has 0 atom stereocenters. The maximum absolute atomic E-state index is 10.8. The van der Waals surface area contributed by atoms with E-state index in [0.717, 1.165) is 17.3 Å². The number of carboxylic acid groups (broad SMARTS) is 1. The lowest BCUT2D eigenvalue weighted by atomic mass is 10.0. The molecule has 0 saturated carbocycles. The Morgan fingerprint density at radius 3 is 2.64 bits per heavy atom. The average molecular weight is 322 g/mol. The van der Waals surface area contributed by atoms with Crippen molar-refractivity contribution in [2.45, 2.75) is 13.3 Å². The molecule has 0 amide bonds. The lowest BCUT2D eigenvalue weighted by Gasteiger charge is -2.08. The fourth-order valence-corrected chi connectivity index (χ4v) is 2.25. The van der Waals surface area contributed by atoms with E-state index in [1.54, 1.807) is 6.07 Å². The zero-order valence-corrected chi connectivity index (χ0v) is 10.9. The standard InChI is InChI=1S/C10H10Br2O2/c1-6-7(4-5-11)2-3-8(9(6)12)10(13)14/h2-3H,4-5H2,1H3,(H,13,14). The molecule has 0 bridgehead atoms. The molecular formula is C10H10Br2O2. The van der Waals surface area contributed by atoms with E-state index < -0.39 is 5.97 Å². The highest BCUT2D eigenvalue weighted by molar-refractivity contribution is 9.10. The first-order valence-electron chi connectivity index (χ1n) is 4.15. The van der Waals surface area contributed by atoms with Crippen LogP contribution in [0, 0.1) is 6.92 Å². The highest BCUT2D eigenvalue weighted by atomic mass is 79.9. The molecule has 1 aromatic rings. The Labute approximate surface area is 99.6 Å². The van der Waals surface area contributed by atoms with Gasteiger partial charge in [0.05, 0.1) is 5.56 Å². The molecule has 1 rings (SSSR count). The average Bonchev–Trinajstić information content (AvgIpc) is 2.13. The number of alkyl halides is 1. The molecule has 0 unspecified atom stereocenters. The van der Waals surface area contributed by atoms with Crippen molar-refractivity contribution in [3.63, 3.8) is 0 Å². The molecule has 0 aliphatic heterocycles. The monoisotopic (exact) mass is 320 g/mol. The van der Waals surface area contributed by atoms with Gasteiger partial charge >= 0.3 is 5.97 Å². The summed E-state index contributed by atoms with van der Waals surface area (Å²) in [5.74, 6) is -0.898.